The molecule has 0 spiro atoms. The summed E-state index contributed by atoms with van der Waals surface area (Å²) in [5, 5.41) is 0.410. The second-order valence-corrected chi connectivity index (χ2v) is 6.43. The molecule has 106 valence electrons. The third kappa shape index (κ3) is 2.65. The standard InChI is InChI=1S/C14H14ClNO3S/c1-19-12-8-11(15)6-7-14(12)20(17,18)13-5-3-2-4-10(13)9-16/h2-8H,9,16H2,1H3. The fraction of sp³-hybridized carbons (Fsp3) is 0.143. The maximum Gasteiger partial charge on any atom is 0.210 e. The Hall–Kier alpha value is -1.56. The van der Waals surface area contributed by atoms with Crippen molar-refractivity contribution in [1.29, 1.82) is 0 Å². The molecule has 0 unspecified atom stereocenters. The Morgan fingerprint density at radius 2 is 1.85 bits per heavy atom. The van der Waals surface area contributed by atoms with Crippen molar-refractivity contribution in [2.24, 2.45) is 5.73 Å². The highest BCUT2D eigenvalue weighted by Gasteiger charge is 2.24. The molecule has 0 saturated heterocycles. The van der Waals surface area contributed by atoms with Crippen LogP contribution in [0.15, 0.2) is 52.3 Å². The van der Waals surface area contributed by atoms with E-state index in [1.807, 2.05) is 0 Å². The van der Waals surface area contributed by atoms with Gasteiger partial charge in [0, 0.05) is 17.6 Å². The van der Waals surface area contributed by atoms with Crippen molar-refractivity contribution in [2.45, 2.75) is 16.3 Å². The number of rotatable bonds is 4. The molecule has 2 N–H and O–H groups in total. The fourth-order valence-corrected chi connectivity index (χ4v) is 3.72. The minimum Gasteiger partial charge on any atom is -0.495 e. The van der Waals surface area contributed by atoms with E-state index in [1.54, 1.807) is 18.2 Å². The first-order valence-electron chi connectivity index (χ1n) is 5.87. The molecule has 2 rings (SSSR count). The van der Waals surface area contributed by atoms with Crippen LogP contribution in [0, 0.1) is 0 Å². The minimum atomic E-state index is -3.70. The molecule has 0 heterocycles. The van der Waals surface area contributed by atoms with Crippen LogP contribution in [0.4, 0.5) is 0 Å². The second-order valence-electron chi connectivity index (χ2n) is 4.11. The zero-order chi connectivity index (χ0) is 14.8. The SMILES string of the molecule is COc1cc(Cl)ccc1S(=O)(=O)c1ccccc1CN. The zero-order valence-corrected chi connectivity index (χ0v) is 12.4. The molecule has 0 amide bonds. The van der Waals surface area contributed by atoms with Gasteiger partial charge in [0.25, 0.3) is 0 Å². The number of methoxy groups -OCH3 is 1. The highest BCUT2D eigenvalue weighted by molar-refractivity contribution is 7.91. The number of benzene rings is 2. The lowest BCUT2D eigenvalue weighted by atomic mass is 10.2. The van der Waals surface area contributed by atoms with E-state index in [2.05, 4.69) is 0 Å². The molecule has 2 aromatic carbocycles. The summed E-state index contributed by atoms with van der Waals surface area (Å²) < 4.78 is 30.6. The summed E-state index contributed by atoms with van der Waals surface area (Å²) in [4.78, 5) is 0.258. The third-order valence-corrected chi connectivity index (χ3v) is 5.03. The maximum atomic E-state index is 12.7. The van der Waals surface area contributed by atoms with Gasteiger partial charge in [-0.05, 0) is 23.8 Å². The Kier molecular flexibility index (Phi) is 4.32. The normalized spacial score (nSPS) is 11.3. The molecular formula is C14H14ClNO3S. The van der Waals surface area contributed by atoms with Crippen LogP contribution in [0.5, 0.6) is 5.75 Å². The lowest BCUT2D eigenvalue weighted by Crippen LogP contribution is -2.09. The highest BCUT2D eigenvalue weighted by Crippen LogP contribution is 2.32. The predicted molar refractivity (Wildman–Crippen MR) is 77.8 cm³/mol. The monoisotopic (exact) mass is 311 g/mol. The van der Waals surface area contributed by atoms with Crippen LogP contribution >= 0.6 is 11.6 Å². The quantitative estimate of drug-likeness (QED) is 0.942. The Bertz CT molecular complexity index is 729. The first-order chi connectivity index (χ1) is 9.50. The van der Waals surface area contributed by atoms with Gasteiger partial charge in [-0.15, -0.1) is 0 Å². The molecule has 0 fully saturated rings. The van der Waals surface area contributed by atoms with E-state index in [1.165, 1.54) is 31.4 Å². The number of sulfone groups is 1. The van der Waals surface area contributed by atoms with Crippen LogP contribution in [0.25, 0.3) is 0 Å². The van der Waals surface area contributed by atoms with Crippen LogP contribution in [0.2, 0.25) is 5.02 Å². The number of halogens is 1. The summed E-state index contributed by atoms with van der Waals surface area (Å²) in [5.41, 5.74) is 6.16. The molecule has 0 aliphatic carbocycles. The lowest BCUT2D eigenvalue weighted by molar-refractivity contribution is 0.402. The summed E-state index contributed by atoms with van der Waals surface area (Å²) in [7, 11) is -2.30. The maximum absolute atomic E-state index is 12.7. The lowest BCUT2D eigenvalue weighted by Gasteiger charge is -2.12. The van der Waals surface area contributed by atoms with Crippen LogP contribution in [0.1, 0.15) is 5.56 Å². The van der Waals surface area contributed by atoms with Gasteiger partial charge in [-0.1, -0.05) is 29.8 Å². The number of hydrogen-bond acceptors (Lipinski definition) is 4. The van der Waals surface area contributed by atoms with Gasteiger partial charge in [0.15, 0.2) is 0 Å². The molecular weight excluding hydrogens is 298 g/mol. The molecule has 0 aromatic heterocycles. The van der Waals surface area contributed by atoms with Crippen LogP contribution in [-0.2, 0) is 16.4 Å². The highest BCUT2D eigenvalue weighted by atomic mass is 35.5. The average molecular weight is 312 g/mol. The van der Waals surface area contributed by atoms with Gasteiger partial charge in [0.05, 0.1) is 12.0 Å². The summed E-state index contributed by atoms with van der Waals surface area (Å²) in [6, 6.07) is 11.1. The zero-order valence-electron chi connectivity index (χ0n) is 10.8. The van der Waals surface area contributed by atoms with Crippen molar-refractivity contribution in [2.75, 3.05) is 7.11 Å². The van der Waals surface area contributed by atoms with Crippen molar-refractivity contribution in [3.8, 4) is 5.75 Å². The molecule has 0 atom stereocenters. The summed E-state index contributed by atoms with van der Waals surface area (Å²) in [6.45, 7) is 0.144. The largest absolute Gasteiger partial charge is 0.495 e. The summed E-state index contributed by atoms with van der Waals surface area (Å²) >= 11 is 5.86. The van der Waals surface area contributed by atoms with Crippen molar-refractivity contribution < 1.29 is 13.2 Å². The Morgan fingerprint density at radius 1 is 1.15 bits per heavy atom. The van der Waals surface area contributed by atoms with Gasteiger partial charge in [-0.2, -0.15) is 0 Å². The van der Waals surface area contributed by atoms with Crippen molar-refractivity contribution in [3.63, 3.8) is 0 Å². The summed E-state index contributed by atoms with van der Waals surface area (Å²) in [6.07, 6.45) is 0. The van der Waals surface area contributed by atoms with Gasteiger partial charge in [-0.3, -0.25) is 0 Å². The van der Waals surface area contributed by atoms with Gasteiger partial charge in [-0.25, -0.2) is 8.42 Å². The molecule has 6 heteroatoms. The van der Waals surface area contributed by atoms with Crippen LogP contribution < -0.4 is 10.5 Å². The van der Waals surface area contributed by atoms with Crippen molar-refractivity contribution in [1.82, 2.24) is 0 Å². The number of hydrogen-bond donors (Lipinski definition) is 1. The Morgan fingerprint density at radius 3 is 2.50 bits per heavy atom. The molecule has 20 heavy (non-hydrogen) atoms. The first-order valence-corrected chi connectivity index (χ1v) is 7.73. The van der Waals surface area contributed by atoms with Gasteiger partial charge < -0.3 is 10.5 Å². The smallest absolute Gasteiger partial charge is 0.210 e. The Labute approximate surface area is 123 Å². The van der Waals surface area contributed by atoms with Gasteiger partial charge in [0.1, 0.15) is 10.6 Å². The van der Waals surface area contributed by atoms with Gasteiger partial charge >= 0.3 is 0 Å². The van der Waals surface area contributed by atoms with E-state index in [-0.39, 0.29) is 22.1 Å². The molecule has 0 aliphatic heterocycles. The topological polar surface area (TPSA) is 69.4 Å². The molecule has 0 bridgehead atoms. The van der Waals surface area contributed by atoms with Crippen LogP contribution in [-0.4, -0.2) is 15.5 Å². The van der Waals surface area contributed by atoms with Crippen molar-refractivity contribution in [3.05, 3.63) is 53.1 Å². The first kappa shape index (κ1) is 14.8. The fourth-order valence-electron chi connectivity index (χ4n) is 1.92. The third-order valence-electron chi connectivity index (χ3n) is 2.90. The second kappa shape index (κ2) is 5.83. The predicted octanol–water partition coefficient (Wildman–Crippen LogP) is 2.64. The number of nitrogens with two attached hydrogens (primary N) is 1. The van der Waals surface area contributed by atoms with E-state index in [0.717, 1.165) is 0 Å². The van der Waals surface area contributed by atoms with E-state index in [0.29, 0.717) is 10.6 Å². The molecule has 0 saturated carbocycles. The Balaban J connectivity index is 2.67. The molecule has 0 radical (unpaired) electrons. The van der Waals surface area contributed by atoms with Crippen LogP contribution in [0.3, 0.4) is 0 Å². The average Bonchev–Trinajstić information content (AvgIpc) is 2.46. The molecule has 0 aliphatic rings. The molecule has 2 aromatic rings. The summed E-state index contributed by atoms with van der Waals surface area (Å²) in [5.74, 6) is 0.212. The van der Waals surface area contributed by atoms with Crippen molar-refractivity contribution >= 4 is 21.4 Å². The number of ether oxygens (including phenoxy) is 1. The minimum absolute atomic E-state index is 0.0744. The van der Waals surface area contributed by atoms with E-state index in [9.17, 15) is 8.42 Å². The van der Waals surface area contributed by atoms with E-state index < -0.39 is 9.84 Å². The van der Waals surface area contributed by atoms with E-state index >= 15 is 0 Å². The van der Waals surface area contributed by atoms with E-state index in [4.69, 9.17) is 22.1 Å². The van der Waals surface area contributed by atoms with Gasteiger partial charge in [0.2, 0.25) is 9.84 Å². The molecule has 4 nitrogen and oxygen atoms in total.